The topological polar surface area (TPSA) is 67.4 Å². The second kappa shape index (κ2) is 9.15. The van der Waals surface area contributed by atoms with Crippen molar-refractivity contribution in [3.05, 3.63) is 41.1 Å². The Hall–Kier alpha value is -2.24. The molecule has 6 heteroatoms. The first-order chi connectivity index (χ1) is 11.6. The Bertz CT molecular complexity index is 643. The Kier molecular flexibility index (Phi) is 6.90. The summed E-state index contributed by atoms with van der Waals surface area (Å²) in [5.74, 6) is 1.85. The highest BCUT2D eigenvalue weighted by Gasteiger charge is 2.08. The Morgan fingerprint density at radius 3 is 2.75 bits per heavy atom. The molecule has 0 fully saturated rings. The van der Waals surface area contributed by atoms with Crippen molar-refractivity contribution in [2.45, 2.75) is 40.0 Å². The van der Waals surface area contributed by atoms with Gasteiger partial charge in [-0.1, -0.05) is 0 Å². The minimum Gasteiger partial charge on any atom is -0.469 e. The van der Waals surface area contributed by atoms with Crippen molar-refractivity contribution in [3.8, 4) is 0 Å². The summed E-state index contributed by atoms with van der Waals surface area (Å²) in [4.78, 5) is 4.65. The van der Waals surface area contributed by atoms with Crippen LogP contribution in [0.3, 0.4) is 0 Å². The number of aromatic nitrogens is 2. The van der Waals surface area contributed by atoms with Crippen molar-refractivity contribution >= 4 is 5.96 Å². The summed E-state index contributed by atoms with van der Waals surface area (Å²) in [6.07, 6.45) is 4.59. The summed E-state index contributed by atoms with van der Waals surface area (Å²) >= 11 is 0. The van der Waals surface area contributed by atoms with Crippen LogP contribution in [-0.2, 0) is 19.9 Å². The van der Waals surface area contributed by atoms with Gasteiger partial charge in [0, 0.05) is 38.8 Å². The van der Waals surface area contributed by atoms with Gasteiger partial charge in [0.25, 0.3) is 0 Å². The van der Waals surface area contributed by atoms with E-state index in [-0.39, 0.29) is 0 Å². The standard InChI is InChI=1S/C18H29N5O/c1-5-19-18(21-12-10-16-8-7-13-24-16)20-11-6-9-17-14(2)22-23(4)15(17)3/h7-8,13H,5-6,9-12H2,1-4H3,(H2,19,20,21). The molecule has 0 unspecified atom stereocenters. The Morgan fingerprint density at radius 1 is 1.29 bits per heavy atom. The third kappa shape index (κ3) is 5.15. The lowest BCUT2D eigenvalue weighted by Crippen LogP contribution is -2.38. The van der Waals surface area contributed by atoms with Crippen LogP contribution in [0, 0.1) is 13.8 Å². The fourth-order valence-electron chi connectivity index (χ4n) is 2.73. The predicted octanol–water partition coefficient (Wildman–Crippen LogP) is 2.36. The number of hydrogen-bond acceptors (Lipinski definition) is 3. The van der Waals surface area contributed by atoms with Crippen LogP contribution in [0.5, 0.6) is 0 Å². The molecule has 2 heterocycles. The minimum absolute atomic E-state index is 0.795. The van der Waals surface area contributed by atoms with Crippen LogP contribution in [0.15, 0.2) is 27.8 Å². The maximum Gasteiger partial charge on any atom is 0.191 e. The third-order valence-corrected chi connectivity index (χ3v) is 4.10. The van der Waals surface area contributed by atoms with Gasteiger partial charge in [0.15, 0.2) is 5.96 Å². The summed E-state index contributed by atoms with van der Waals surface area (Å²) in [5, 5.41) is 11.1. The van der Waals surface area contributed by atoms with Gasteiger partial charge in [0.1, 0.15) is 5.76 Å². The summed E-state index contributed by atoms with van der Waals surface area (Å²) in [6.45, 7) is 8.73. The highest BCUT2D eigenvalue weighted by molar-refractivity contribution is 5.79. The van der Waals surface area contributed by atoms with E-state index in [0.717, 1.165) is 56.3 Å². The zero-order valence-corrected chi connectivity index (χ0v) is 15.2. The van der Waals surface area contributed by atoms with Crippen LogP contribution in [0.1, 0.15) is 36.1 Å². The van der Waals surface area contributed by atoms with E-state index in [0.29, 0.717) is 0 Å². The number of hydrogen-bond donors (Lipinski definition) is 2. The first-order valence-corrected chi connectivity index (χ1v) is 8.65. The molecule has 0 aliphatic heterocycles. The second-order valence-corrected chi connectivity index (χ2v) is 5.89. The Morgan fingerprint density at radius 2 is 2.12 bits per heavy atom. The number of aryl methyl sites for hydroxylation is 2. The van der Waals surface area contributed by atoms with Crippen molar-refractivity contribution in [2.75, 3.05) is 19.6 Å². The zero-order chi connectivity index (χ0) is 17.4. The van der Waals surface area contributed by atoms with Crippen molar-refractivity contribution in [2.24, 2.45) is 12.0 Å². The number of nitrogens with one attached hydrogen (secondary N) is 2. The first kappa shape index (κ1) is 18.1. The van der Waals surface area contributed by atoms with E-state index < -0.39 is 0 Å². The average Bonchev–Trinajstić information content (AvgIpc) is 3.14. The summed E-state index contributed by atoms with van der Waals surface area (Å²) in [6, 6.07) is 3.90. The molecule has 0 aromatic carbocycles. The van der Waals surface area contributed by atoms with Crippen LogP contribution in [0.4, 0.5) is 0 Å². The number of guanidine groups is 1. The zero-order valence-electron chi connectivity index (χ0n) is 15.2. The maximum atomic E-state index is 5.34. The van der Waals surface area contributed by atoms with Gasteiger partial charge < -0.3 is 15.1 Å². The lowest BCUT2D eigenvalue weighted by molar-refractivity contribution is 0.507. The number of furan rings is 1. The average molecular weight is 331 g/mol. The smallest absolute Gasteiger partial charge is 0.191 e. The molecule has 0 saturated carbocycles. The van der Waals surface area contributed by atoms with E-state index in [2.05, 4.69) is 41.5 Å². The SMILES string of the molecule is CCNC(=NCCCc1c(C)nn(C)c1C)NCCc1ccco1. The molecule has 24 heavy (non-hydrogen) atoms. The van der Waals surface area contributed by atoms with Crippen molar-refractivity contribution in [1.82, 2.24) is 20.4 Å². The highest BCUT2D eigenvalue weighted by Crippen LogP contribution is 2.13. The summed E-state index contributed by atoms with van der Waals surface area (Å²) in [7, 11) is 2.00. The number of nitrogens with zero attached hydrogens (tertiary/aromatic N) is 3. The van der Waals surface area contributed by atoms with Crippen LogP contribution >= 0.6 is 0 Å². The van der Waals surface area contributed by atoms with E-state index in [1.54, 1.807) is 6.26 Å². The van der Waals surface area contributed by atoms with Crippen molar-refractivity contribution in [3.63, 3.8) is 0 Å². The van der Waals surface area contributed by atoms with Crippen LogP contribution < -0.4 is 10.6 Å². The molecular weight excluding hydrogens is 302 g/mol. The van der Waals surface area contributed by atoms with Gasteiger partial charge >= 0.3 is 0 Å². The second-order valence-electron chi connectivity index (χ2n) is 5.89. The van der Waals surface area contributed by atoms with Crippen molar-refractivity contribution < 1.29 is 4.42 Å². The van der Waals surface area contributed by atoms with Crippen LogP contribution in [0.25, 0.3) is 0 Å². The van der Waals surface area contributed by atoms with Gasteiger partial charge in [-0.3, -0.25) is 9.67 Å². The highest BCUT2D eigenvalue weighted by atomic mass is 16.3. The molecule has 132 valence electrons. The molecule has 0 bridgehead atoms. The van der Waals surface area contributed by atoms with Gasteiger partial charge in [0.05, 0.1) is 12.0 Å². The molecule has 2 aromatic heterocycles. The van der Waals surface area contributed by atoms with Crippen molar-refractivity contribution in [1.29, 1.82) is 0 Å². The lowest BCUT2D eigenvalue weighted by atomic mass is 10.1. The van der Waals surface area contributed by atoms with Crippen LogP contribution in [0.2, 0.25) is 0 Å². The monoisotopic (exact) mass is 331 g/mol. The van der Waals surface area contributed by atoms with E-state index in [9.17, 15) is 0 Å². The number of rotatable bonds is 8. The molecular formula is C18H29N5O. The van der Waals surface area contributed by atoms with E-state index in [1.807, 2.05) is 23.9 Å². The Labute approximate surface area is 144 Å². The fourth-order valence-corrected chi connectivity index (χ4v) is 2.73. The molecule has 0 spiro atoms. The predicted molar refractivity (Wildman–Crippen MR) is 97.4 cm³/mol. The molecule has 0 radical (unpaired) electrons. The molecule has 2 N–H and O–H groups in total. The quantitative estimate of drug-likeness (QED) is 0.443. The molecule has 0 saturated heterocycles. The van der Waals surface area contributed by atoms with Gasteiger partial charge in [-0.15, -0.1) is 0 Å². The normalized spacial score (nSPS) is 11.8. The maximum absolute atomic E-state index is 5.34. The Balaban J connectivity index is 1.77. The van der Waals surface area contributed by atoms with Gasteiger partial charge in [0.2, 0.25) is 0 Å². The minimum atomic E-state index is 0.795. The summed E-state index contributed by atoms with van der Waals surface area (Å²) < 4.78 is 7.29. The number of aliphatic imine (C=N–C) groups is 1. The van der Waals surface area contributed by atoms with E-state index in [1.165, 1.54) is 11.3 Å². The molecule has 6 nitrogen and oxygen atoms in total. The van der Waals surface area contributed by atoms with Crippen LogP contribution in [-0.4, -0.2) is 35.4 Å². The molecule has 0 atom stereocenters. The summed E-state index contributed by atoms with van der Waals surface area (Å²) in [5.41, 5.74) is 3.73. The van der Waals surface area contributed by atoms with Gasteiger partial charge in [-0.05, 0) is 51.3 Å². The molecule has 2 rings (SSSR count). The van der Waals surface area contributed by atoms with E-state index in [4.69, 9.17) is 4.42 Å². The molecule has 2 aromatic rings. The third-order valence-electron chi connectivity index (χ3n) is 4.10. The molecule has 0 amide bonds. The van der Waals surface area contributed by atoms with Gasteiger partial charge in [-0.25, -0.2) is 0 Å². The molecule has 0 aliphatic rings. The fraction of sp³-hybridized carbons (Fsp3) is 0.556. The molecule has 0 aliphatic carbocycles. The van der Waals surface area contributed by atoms with E-state index >= 15 is 0 Å². The first-order valence-electron chi connectivity index (χ1n) is 8.65. The lowest BCUT2D eigenvalue weighted by Gasteiger charge is -2.10. The largest absolute Gasteiger partial charge is 0.469 e. The van der Waals surface area contributed by atoms with Gasteiger partial charge in [-0.2, -0.15) is 5.10 Å².